The van der Waals surface area contributed by atoms with Crippen molar-refractivity contribution in [2.45, 2.75) is 19.8 Å². The number of hydrogen-bond acceptors (Lipinski definition) is 3. The van der Waals surface area contributed by atoms with Gasteiger partial charge in [0.25, 0.3) is 5.91 Å². The lowest BCUT2D eigenvalue weighted by atomic mass is 9.97. The minimum Gasteiger partial charge on any atom is -0.481 e. The summed E-state index contributed by atoms with van der Waals surface area (Å²) in [5, 5.41) is 9.89. The topological polar surface area (TPSA) is 70.8 Å². The van der Waals surface area contributed by atoms with Gasteiger partial charge in [0.2, 0.25) is 0 Å². The van der Waals surface area contributed by atoms with E-state index in [1.54, 1.807) is 11.0 Å². The number of aliphatic carboxylic acids is 1. The number of rotatable bonds is 2. The first-order valence-corrected chi connectivity index (χ1v) is 7.97. The van der Waals surface area contributed by atoms with Crippen molar-refractivity contribution in [1.82, 2.24) is 4.90 Å². The molecule has 0 radical (unpaired) electrons. The van der Waals surface area contributed by atoms with Gasteiger partial charge in [-0.2, -0.15) is 0 Å². The number of piperidine rings is 1. The molecule has 0 spiro atoms. The maximum absolute atomic E-state index is 12.5. The predicted molar refractivity (Wildman–Crippen MR) is 84.9 cm³/mol. The molecule has 0 unspecified atom stereocenters. The van der Waals surface area contributed by atoms with Gasteiger partial charge in [0, 0.05) is 18.5 Å². The highest BCUT2D eigenvalue weighted by Crippen LogP contribution is 2.30. The Hall–Kier alpha value is -1.82. The fourth-order valence-corrected chi connectivity index (χ4v) is 3.51. The van der Waals surface area contributed by atoms with Gasteiger partial charge in [-0.1, -0.05) is 0 Å². The highest BCUT2D eigenvalue weighted by molar-refractivity contribution is 9.10. The normalized spacial score (nSPS) is 16.2. The van der Waals surface area contributed by atoms with Crippen LogP contribution in [0.15, 0.2) is 27.1 Å². The lowest BCUT2D eigenvalue weighted by molar-refractivity contribution is -0.143. The van der Waals surface area contributed by atoms with Gasteiger partial charge in [0.05, 0.1) is 10.4 Å². The van der Waals surface area contributed by atoms with E-state index in [4.69, 9.17) is 9.52 Å². The third-order valence-electron chi connectivity index (χ3n) is 4.06. The number of carboxylic acids is 1. The number of carboxylic acid groups (broad SMARTS) is 1. The van der Waals surface area contributed by atoms with Gasteiger partial charge in [-0.25, -0.2) is 0 Å². The summed E-state index contributed by atoms with van der Waals surface area (Å²) in [6.45, 7) is 2.88. The number of furan rings is 1. The number of benzene rings is 1. The van der Waals surface area contributed by atoms with E-state index in [1.165, 1.54) is 0 Å². The molecular weight excluding hydrogens is 350 g/mol. The number of hydrogen-bond donors (Lipinski definition) is 1. The average molecular weight is 366 g/mol. The Labute approximate surface area is 136 Å². The second-order valence-electron chi connectivity index (χ2n) is 5.68. The van der Waals surface area contributed by atoms with Crippen LogP contribution in [-0.4, -0.2) is 35.0 Å². The number of carbonyl (C=O) groups excluding carboxylic acids is 1. The van der Waals surface area contributed by atoms with Crippen molar-refractivity contribution in [3.63, 3.8) is 0 Å². The zero-order valence-corrected chi connectivity index (χ0v) is 13.7. The van der Waals surface area contributed by atoms with Gasteiger partial charge in [-0.05, 0) is 59.5 Å². The molecule has 1 aliphatic heterocycles. The largest absolute Gasteiger partial charge is 0.481 e. The molecule has 1 fully saturated rings. The van der Waals surface area contributed by atoms with Crippen molar-refractivity contribution in [1.29, 1.82) is 0 Å². The second-order valence-corrected chi connectivity index (χ2v) is 6.53. The zero-order chi connectivity index (χ0) is 15.9. The molecule has 1 amide bonds. The predicted octanol–water partition coefficient (Wildman–Crippen LogP) is 3.44. The molecule has 116 valence electrons. The fraction of sp³-hybridized carbons (Fsp3) is 0.375. The SMILES string of the molecule is Cc1cc(Br)c2oc(C(=O)N3CCC(C(=O)O)CC3)cc2c1. The first-order valence-electron chi connectivity index (χ1n) is 7.17. The summed E-state index contributed by atoms with van der Waals surface area (Å²) >= 11 is 3.45. The number of carbonyl (C=O) groups is 2. The first-order chi connectivity index (χ1) is 10.5. The number of amides is 1. The van der Waals surface area contributed by atoms with E-state index >= 15 is 0 Å². The Morgan fingerprint density at radius 3 is 2.59 bits per heavy atom. The van der Waals surface area contributed by atoms with Crippen molar-refractivity contribution >= 4 is 38.8 Å². The summed E-state index contributed by atoms with van der Waals surface area (Å²) in [5.74, 6) is -1.01. The van der Waals surface area contributed by atoms with Crippen molar-refractivity contribution in [2.75, 3.05) is 13.1 Å². The Balaban J connectivity index is 1.81. The minimum absolute atomic E-state index is 0.176. The quantitative estimate of drug-likeness (QED) is 0.884. The van der Waals surface area contributed by atoms with Crippen molar-refractivity contribution in [2.24, 2.45) is 5.92 Å². The summed E-state index contributed by atoms with van der Waals surface area (Å²) in [6, 6.07) is 5.66. The molecule has 5 nitrogen and oxygen atoms in total. The van der Waals surface area contributed by atoms with Crippen LogP contribution < -0.4 is 0 Å². The molecule has 2 aromatic rings. The smallest absolute Gasteiger partial charge is 0.306 e. The third-order valence-corrected chi connectivity index (χ3v) is 4.65. The first kappa shape index (κ1) is 15.1. The third kappa shape index (κ3) is 2.75. The molecule has 6 heteroatoms. The van der Waals surface area contributed by atoms with E-state index in [9.17, 15) is 9.59 Å². The second kappa shape index (κ2) is 5.76. The summed E-state index contributed by atoms with van der Waals surface area (Å²) in [6.07, 6.45) is 0.980. The Morgan fingerprint density at radius 1 is 1.27 bits per heavy atom. The molecule has 1 aliphatic rings. The summed E-state index contributed by atoms with van der Waals surface area (Å²) in [5.41, 5.74) is 1.75. The molecular formula is C16H16BrNO4. The number of aryl methyl sites for hydroxylation is 1. The monoisotopic (exact) mass is 365 g/mol. The lowest BCUT2D eigenvalue weighted by Crippen LogP contribution is -2.40. The van der Waals surface area contributed by atoms with E-state index in [1.807, 2.05) is 19.1 Å². The van der Waals surface area contributed by atoms with Gasteiger partial charge in [0.1, 0.15) is 5.58 Å². The van der Waals surface area contributed by atoms with Crippen LogP contribution in [0.5, 0.6) is 0 Å². The molecule has 1 aromatic carbocycles. The van der Waals surface area contributed by atoms with Crippen molar-refractivity contribution < 1.29 is 19.1 Å². The minimum atomic E-state index is -0.782. The molecule has 22 heavy (non-hydrogen) atoms. The van der Waals surface area contributed by atoms with Crippen LogP contribution in [0, 0.1) is 12.8 Å². The molecule has 2 heterocycles. The van der Waals surface area contributed by atoms with Crippen LogP contribution >= 0.6 is 15.9 Å². The maximum Gasteiger partial charge on any atom is 0.306 e. The highest BCUT2D eigenvalue weighted by Gasteiger charge is 2.29. The van der Waals surface area contributed by atoms with Gasteiger partial charge >= 0.3 is 5.97 Å². The summed E-state index contributed by atoms with van der Waals surface area (Å²) in [4.78, 5) is 25.1. The standard InChI is InChI=1S/C16H16BrNO4/c1-9-6-11-8-13(22-14(11)12(17)7-9)15(19)18-4-2-10(3-5-18)16(20)21/h6-8,10H,2-5H2,1H3,(H,20,21). The van der Waals surface area contributed by atoms with E-state index in [-0.39, 0.29) is 11.8 Å². The van der Waals surface area contributed by atoms with Crippen molar-refractivity contribution in [3.05, 3.63) is 34.0 Å². The van der Waals surface area contributed by atoms with Gasteiger partial charge < -0.3 is 14.4 Å². The lowest BCUT2D eigenvalue weighted by Gasteiger charge is -2.29. The van der Waals surface area contributed by atoms with E-state index < -0.39 is 5.97 Å². The molecule has 0 aliphatic carbocycles. The highest BCUT2D eigenvalue weighted by atomic mass is 79.9. The summed E-state index contributed by atoms with van der Waals surface area (Å²) < 4.78 is 6.51. The molecule has 0 saturated carbocycles. The van der Waals surface area contributed by atoms with Gasteiger partial charge in [-0.3, -0.25) is 9.59 Å². The van der Waals surface area contributed by atoms with Gasteiger partial charge in [-0.15, -0.1) is 0 Å². The molecule has 3 rings (SSSR count). The van der Waals surface area contributed by atoms with Crippen molar-refractivity contribution in [3.8, 4) is 0 Å². The maximum atomic E-state index is 12.5. The molecule has 1 saturated heterocycles. The molecule has 1 N–H and O–H groups in total. The average Bonchev–Trinajstić information content (AvgIpc) is 2.90. The Kier molecular flexibility index (Phi) is 3.95. The Morgan fingerprint density at radius 2 is 1.95 bits per heavy atom. The van der Waals surface area contributed by atoms with E-state index in [2.05, 4.69) is 15.9 Å². The number of nitrogens with zero attached hydrogens (tertiary/aromatic N) is 1. The fourth-order valence-electron chi connectivity index (χ4n) is 2.84. The van der Waals surface area contributed by atoms with Crippen LogP contribution in [0.25, 0.3) is 11.0 Å². The number of fused-ring (bicyclic) bond motifs is 1. The zero-order valence-electron chi connectivity index (χ0n) is 12.1. The van der Waals surface area contributed by atoms with Crippen LogP contribution in [0.1, 0.15) is 29.0 Å². The van der Waals surface area contributed by atoms with Gasteiger partial charge in [0.15, 0.2) is 5.76 Å². The van der Waals surface area contributed by atoms with E-state index in [0.29, 0.717) is 37.3 Å². The van der Waals surface area contributed by atoms with E-state index in [0.717, 1.165) is 15.4 Å². The Bertz CT molecular complexity index is 744. The van der Waals surface area contributed by atoms with Crippen LogP contribution in [0.4, 0.5) is 0 Å². The molecule has 1 aromatic heterocycles. The number of likely N-dealkylation sites (tertiary alicyclic amines) is 1. The summed E-state index contributed by atoms with van der Waals surface area (Å²) in [7, 11) is 0. The van der Waals surface area contributed by atoms with Crippen LogP contribution in [-0.2, 0) is 4.79 Å². The van der Waals surface area contributed by atoms with Crippen LogP contribution in [0.3, 0.4) is 0 Å². The molecule has 0 bridgehead atoms. The number of halogens is 1. The van der Waals surface area contributed by atoms with Crippen LogP contribution in [0.2, 0.25) is 0 Å². The molecule has 0 atom stereocenters.